The van der Waals surface area contributed by atoms with E-state index in [4.69, 9.17) is 18.0 Å². The molecule has 3 N–H and O–H groups in total. The van der Waals surface area contributed by atoms with E-state index in [1.165, 1.54) is 18.2 Å². The fourth-order valence-electron chi connectivity index (χ4n) is 1.10. The lowest BCUT2D eigenvalue weighted by Gasteiger charge is -2.08. The molecule has 17 heavy (non-hydrogen) atoms. The van der Waals surface area contributed by atoms with Crippen LogP contribution in [0.3, 0.4) is 0 Å². The quantitative estimate of drug-likeness (QED) is 0.814. The summed E-state index contributed by atoms with van der Waals surface area (Å²) in [7, 11) is 0. The molecule has 1 aromatic rings. The van der Waals surface area contributed by atoms with Crippen LogP contribution in [0.25, 0.3) is 0 Å². The van der Waals surface area contributed by atoms with E-state index in [9.17, 15) is 18.0 Å². The molecule has 0 aliphatic rings. The summed E-state index contributed by atoms with van der Waals surface area (Å²) in [5, 5.41) is 1.76. The van der Waals surface area contributed by atoms with E-state index < -0.39 is 18.6 Å². The van der Waals surface area contributed by atoms with Crippen molar-refractivity contribution in [2.75, 3.05) is 6.54 Å². The molecular formula is C10H9F3N2OS. The van der Waals surface area contributed by atoms with Gasteiger partial charge in [-0.2, -0.15) is 13.2 Å². The first-order valence-electron chi connectivity index (χ1n) is 4.54. The van der Waals surface area contributed by atoms with Gasteiger partial charge in [-0.25, -0.2) is 0 Å². The Bertz CT molecular complexity index is 445. The van der Waals surface area contributed by atoms with E-state index >= 15 is 0 Å². The monoisotopic (exact) mass is 262 g/mol. The maximum atomic E-state index is 11.9. The van der Waals surface area contributed by atoms with Crippen molar-refractivity contribution in [3.63, 3.8) is 0 Å². The zero-order valence-electron chi connectivity index (χ0n) is 8.54. The van der Waals surface area contributed by atoms with Crippen molar-refractivity contribution in [3.8, 4) is 0 Å². The number of carbonyl (C=O) groups excluding carboxylic acids is 1. The van der Waals surface area contributed by atoms with Crippen LogP contribution in [-0.4, -0.2) is 23.6 Å². The van der Waals surface area contributed by atoms with Crippen molar-refractivity contribution in [3.05, 3.63) is 35.4 Å². The highest BCUT2D eigenvalue weighted by Crippen LogP contribution is 2.13. The molecule has 0 heterocycles. The van der Waals surface area contributed by atoms with E-state index in [0.717, 1.165) is 0 Å². The standard InChI is InChI=1S/C10H9F3N2OS/c11-10(12,13)5-15-9(16)7-3-1-2-6(4-7)8(14)17/h1-4H,5H2,(H2,14,17)(H,15,16). The zero-order chi connectivity index (χ0) is 13.1. The number of benzene rings is 1. The number of nitrogens with two attached hydrogens (primary N) is 1. The molecule has 92 valence electrons. The van der Waals surface area contributed by atoms with Gasteiger partial charge < -0.3 is 11.1 Å². The minimum Gasteiger partial charge on any atom is -0.389 e. The Kier molecular flexibility index (Phi) is 4.06. The second-order valence-electron chi connectivity index (χ2n) is 3.24. The van der Waals surface area contributed by atoms with Gasteiger partial charge in [0.2, 0.25) is 0 Å². The van der Waals surface area contributed by atoms with Crippen LogP contribution in [0.15, 0.2) is 24.3 Å². The van der Waals surface area contributed by atoms with Crippen molar-refractivity contribution < 1.29 is 18.0 Å². The Labute approximate surface area is 101 Å². The Hall–Kier alpha value is -1.63. The Morgan fingerprint density at radius 3 is 2.47 bits per heavy atom. The molecule has 1 aromatic carbocycles. The number of carbonyl (C=O) groups is 1. The van der Waals surface area contributed by atoms with Gasteiger partial charge in [0.05, 0.1) is 0 Å². The highest BCUT2D eigenvalue weighted by atomic mass is 32.1. The average molecular weight is 262 g/mol. The lowest BCUT2D eigenvalue weighted by molar-refractivity contribution is -0.123. The molecule has 1 rings (SSSR count). The second-order valence-corrected chi connectivity index (χ2v) is 3.68. The molecule has 0 unspecified atom stereocenters. The minimum atomic E-state index is -4.43. The van der Waals surface area contributed by atoms with Gasteiger partial charge in [0.1, 0.15) is 11.5 Å². The third-order valence-corrected chi connectivity index (χ3v) is 2.09. The largest absolute Gasteiger partial charge is 0.405 e. The first-order valence-corrected chi connectivity index (χ1v) is 4.95. The maximum Gasteiger partial charge on any atom is 0.405 e. The summed E-state index contributed by atoms with van der Waals surface area (Å²) in [5.41, 5.74) is 5.86. The Morgan fingerprint density at radius 2 is 1.94 bits per heavy atom. The summed E-state index contributed by atoms with van der Waals surface area (Å²) < 4.78 is 35.7. The van der Waals surface area contributed by atoms with Crippen LogP contribution in [0.2, 0.25) is 0 Å². The molecule has 3 nitrogen and oxygen atoms in total. The average Bonchev–Trinajstić information content (AvgIpc) is 2.25. The number of thiocarbonyl (C=S) groups is 1. The third-order valence-electron chi connectivity index (χ3n) is 1.86. The molecular weight excluding hydrogens is 253 g/mol. The van der Waals surface area contributed by atoms with E-state index in [-0.39, 0.29) is 10.6 Å². The van der Waals surface area contributed by atoms with Gasteiger partial charge in [-0.05, 0) is 12.1 Å². The minimum absolute atomic E-state index is 0.0791. The molecule has 0 atom stereocenters. The predicted molar refractivity (Wildman–Crippen MR) is 60.7 cm³/mol. The number of nitrogens with one attached hydrogen (secondary N) is 1. The third kappa shape index (κ3) is 4.39. The first kappa shape index (κ1) is 13.4. The number of halogens is 3. The number of rotatable bonds is 3. The summed E-state index contributed by atoms with van der Waals surface area (Å²) in [5.74, 6) is -0.819. The van der Waals surface area contributed by atoms with Crippen LogP contribution in [-0.2, 0) is 0 Å². The molecule has 0 aliphatic carbocycles. The molecule has 0 saturated heterocycles. The molecule has 0 bridgehead atoms. The van der Waals surface area contributed by atoms with Crippen molar-refractivity contribution in [2.45, 2.75) is 6.18 Å². The molecule has 0 spiro atoms. The predicted octanol–water partition coefficient (Wildman–Crippen LogP) is 1.61. The van der Waals surface area contributed by atoms with Crippen LogP contribution in [0.1, 0.15) is 15.9 Å². The molecule has 0 aromatic heterocycles. The summed E-state index contributed by atoms with van der Waals surface area (Å²) in [4.78, 5) is 11.5. The normalized spacial score (nSPS) is 11.0. The van der Waals surface area contributed by atoms with Gasteiger partial charge in [0, 0.05) is 11.1 Å². The second kappa shape index (κ2) is 5.13. The van der Waals surface area contributed by atoms with Gasteiger partial charge in [0.25, 0.3) is 5.91 Å². The van der Waals surface area contributed by atoms with Crippen molar-refractivity contribution in [1.29, 1.82) is 0 Å². The van der Waals surface area contributed by atoms with Gasteiger partial charge >= 0.3 is 6.18 Å². The summed E-state index contributed by atoms with van der Waals surface area (Å²) >= 11 is 4.70. The number of hydrogen-bond donors (Lipinski definition) is 2. The Morgan fingerprint density at radius 1 is 1.35 bits per heavy atom. The SMILES string of the molecule is NC(=S)c1cccc(C(=O)NCC(F)(F)F)c1. The topological polar surface area (TPSA) is 55.1 Å². The van der Waals surface area contributed by atoms with Crippen LogP contribution < -0.4 is 11.1 Å². The van der Waals surface area contributed by atoms with Crippen molar-refractivity contribution >= 4 is 23.1 Å². The zero-order valence-corrected chi connectivity index (χ0v) is 9.36. The number of alkyl halides is 3. The van der Waals surface area contributed by atoms with E-state index in [1.54, 1.807) is 11.4 Å². The molecule has 7 heteroatoms. The van der Waals surface area contributed by atoms with Gasteiger partial charge in [-0.1, -0.05) is 24.4 Å². The van der Waals surface area contributed by atoms with E-state index in [2.05, 4.69) is 0 Å². The summed E-state index contributed by atoms with van der Waals surface area (Å²) in [6, 6.07) is 5.79. The number of hydrogen-bond acceptors (Lipinski definition) is 2. The lowest BCUT2D eigenvalue weighted by Crippen LogP contribution is -2.33. The lowest BCUT2D eigenvalue weighted by atomic mass is 10.1. The smallest absolute Gasteiger partial charge is 0.389 e. The summed E-state index contributed by atoms with van der Waals surface area (Å²) in [6.07, 6.45) is -4.43. The van der Waals surface area contributed by atoms with Gasteiger partial charge in [0.15, 0.2) is 0 Å². The van der Waals surface area contributed by atoms with Crippen molar-refractivity contribution in [1.82, 2.24) is 5.32 Å². The van der Waals surface area contributed by atoms with Crippen LogP contribution in [0.5, 0.6) is 0 Å². The van der Waals surface area contributed by atoms with Gasteiger partial charge in [-0.15, -0.1) is 0 Å². The number of amides is 1. The fraction of sp³-hybridized carbons (Fsp3) is 0.200. The first-order chi connectivity index (χ1) is 7.79. The maximum absolute atomic E-state index is 11.9. The van der Waals surface area contributed by atoms with Crippen LogP contribution in [0.4, 0.5) is 13.2 Å². The van der Waals surface area contributed by atoms with E-state index in [1.807, 2.05) is 0 Å². The molecule has 1 amide bonds. The van der Waals surface area contributed by atoms with Gasteiger partial charge in [-0.3, -0.25) is 4.79 Å². The molecule has 0 aliphatic heterocycles. The van der Waals surface area contributed by atoms with E-state index in [0.29, 0.717) is 5.56 Å². The summed E-state index contributed by atoms with van der Waals surface area (Å²) in [6.45, 7) is -1.37. The molecule has 0 fully saturated rings. The van der Waals surface area contributed by atoms with Crippen molar-refractivity contribution in [2.24, 2.45) is 5.73 Å². The highest BCUT2D eigenvalue weighted by Gasteiger charge is 2.27. The highest BCUT2D eigenvalue weighted by molar-refractivity contribution is 7.80. The molecule has 0 saturated carbocycles. The fourth-order valence-corrected chi connectivity index (χ4v) is 1.22. The van der Waals surface area contributed by atoms with Crippen LogP contribution >= 0.6 is 12.2 Å². The molecule has 0 radical (unpaired) electrons. The van der Waals surface area contributed by atoms with Crippen LogP contribution in [0, 0.1) is 0 Å². The Balaban J connectivity index is 2.76.